The molecule has 150 valence electrons. The van der Waals surface area contributed by atoms with Crippen LogP contribution >= 0.6 is 0 Å². The van der Waals surface area contributed by atoms with E-state index in [1.54, 1.807) is 43.4 Å². The minimum Gasteiger partial charge on any atom is -0.384 e. The first-order valence-electron chi connectivity index (χ1n) is 8.72. The predicted molar refractivity (Wildman–Crippen MR) is 114 cm³/mol. The highest BCUT2D eigenvalue weighted by molar-refractivity contribution is 7.89. The molecule has 0 radical (unpaired) electrons. The van der Waals surface area contributed by atoms with E-state index < -0.39 is 9.84 Å². The summed E-state index contributed by atoms with van der Waals surface area (Å²) in [6, 6.07) is 17.3. The molecule has 3 rings (SSSR count). The van der Waals surface area contributed by atoms with Crippen LogP contribution in [0.4, 0.5) is 22.0 Å². The highest BCUT2D eigenvalue weighted by Gasteiger charge is 2.13. The highest BCUT2D eigenvalue weighted by Crippen LogP contribution is 2.22. The lowest BCUT2D eigenvalue weighted by Crippen LogP contribution is -2.31. The molecule has 0 saturated heterocycles. The maximum Gasteiger partial charge on any atom is 0.326 e. The zero-order valence-electron chi connectivity index (χ0n) is 16.0. The van der Waals surface area contributed by atoms with E-state index in [1.807, 2.05) is 18.2 Å². The van der Waals surface area contributed by atoms with Crippen molar-refractivity contribution >= 4 is 33.1 Å². The number of amides is 2. The molecule has 2 aromatic carbocycles. The Morgan fingerprint density at radius 2 is 1.72 bits per heavy atom. The maximum absolute atomic E-state index is 12.4. The number of sulfone groups is 1. The van der Waals surface area contributed by atoms with Crippen molar-refractivity contribution < 1.29 is 13.2 Å². The van der Waals surface area contributed by atoms with Crippen LogP contribution in [-0.4, -0.2) is 37.7 Å². The molecule has 3 aromatic rings. The smallest absolute Gasteiger partial charge is 0.326 e. The molecular weight excluding hydrogens is 390 g/mol. The van der Waals surface area contributed by atoms with Gasteiger partial charge in [-0.15, -0.1) is 0 Å². The molecule has 29 heavy (non-hydrogen) atoms. The van der Waals surface area contributed by atoms with Gasteiger partial charge in [-0.25, -0.2) is 23.2 Å². The number of hydrogen-bond donors (Lipinski definition) is 2. The Morgan fingerprint density at radius 3 is 2.34 bits per heavy atom. The van der Waals surface area contributed by atoms with E-state index in [4.69, 9.17) is 5.73 Å². The molecule has 0 aliphatic carbocycles. The minimum atomic E-state index is -3.24. The van der Waals surface area contributed by atoms with Crippen LogP contribution in [0.3, 0.4) is 0 Å². The summed E-state index contributed by atoms with van der Waals surface area (Å²) in [6.45, 7) is 0. The van der Waals surface area contributed by atoms with E-state index in [0.29, 0.717) is 28.5 Å². The first-order valence-corrected chi connectivity index (χ1v) is 10.8. The summed E-state index contributed by atoms with van der Waals surface area (Å²) in [7, 11) is -1.58. The van der Waals surface area contributed by atoms with Gasteiger partial charge in [0.2, 0.25) is 0 Å². The summed E-state index contributed by atoms with van der Waals surface area (Å²) >= 11 is 0. The lowest BCUT2D eigenvalue weighted by atomic mass is 10.2. The Bertz CT molecular complexity index is 1120. The monoisotopic (exact) mass is 411 g/mol. The van der Waals surface area contributed by atoms with Crippen LogP contribution in [0.15, 0.2) is 60.7 Å². The number of para-hydroxylation sites is 1. The van der Waals surface area contributed by atoms with Gasteiger partial charge in [-0.05, 0) is 36.4 Å². The van der Waals surface area contributed by atoms with E-state index in [9.17, 15) is 13.2 Å². The molecule has 2 amide bonds. The summed E-state index contributed by atoms with van der Waals surface area (Å²) in [5.41, 5.74) is 8.16. The van der Waals surface area contributed by atoms with Crippen molar-refractivity contribution in [3.63, 3.8) is 0 Å². The standard InChI is InChI=1S/C20H21N5O3S/c1-25(20(26)23-15-6-4-3-5-7-15)17-10-8-14(9-11-17)19-22-16(12-18(21)24-19)13-29(2,27)28/h3-12H,13H2,1-2H3,(H,23,26)(H2,21,22,24). The molecule has 8 nitrogen and oxygen atoms in total. The summed E-state index contributed by atoms with van der Waals surface area (Å²) in [6.07, 6.45) is 1.14. The molecule has 0 fully saturated rings. The van der Waals surface area contributed by atoms with Crippen LogP contribution < -0.4 is 16.0 Å². The number of hydrogen-bond acceptors (Lipinski definition) is 6. The first kappa shape index (κ1) is 20.3. The molecule has 0 unspecified atom stereocenters. The largest absolute Gasteiger partial charge is 0.384 e. The number of benzene rings is 2. The van der Waals surface area contributed by atoms with E-state index >= 15 is 0 Å². The number of carbonyl (C=O) groups is 1. The summed E-state index contributed by atoms with van der Waals surface area (Å²) in [4.78, 5) is 22.4. The molecule has 3 N–H and O–H groups in total. The second kappa shape index (κ2) is 8.27. The zero-order valence-corrected chi connectivity index (χ0v) is 16.8. The average Bonchev–Trinajstić information content (AvgIpc) is 2.66. The number of carbonyl (C=O) groups excluding carboxylic acids is 1. The van der Waals surface area contributed by atoms with Crippen molar-refractivity contribution in [1.82, 2.24) is 9.97 Å². The fourth-order valence-corrected chi connectivity index (χ4v) is 3.36. The van der Waals surface area contributed by atoms with Crippen molar-refractivity contribution in [2.45, 2.75) is 5.75 Å². The third kappa shape index (κ3) is 5.52. The topological polar surface area (TPSA) is 118 Å². The van der Waals surface area contributed by atoms with Gasteiger partial charge in [-0.1, -0.05) is 18.2 Å². The number of anilines is 3. The first-order chi connectivity index (χ1) is 13.7. The number of nitrogens with two attached hydrogens (primary N) is 1. The number of nitrogens with one attached hydrogen (secondary N) is 1. The Kier molecular flexibility index (Phi) is 5.79. The third-order valence-corrected chi connectivity index (χ3v) is 4.87. The van der Waals surface area contributed by atoms with Crippen molar-refractivity contribution in [2.24, 2.45) is 0 Å². The van der Waals surface area contributed by atoms with E-state index in [0.717, 1.165) is 6.26 Å². The number of nitrogen functional groups attached to an aromatic ring is 1. The van der Waals surface area contributed by atoms with Crippen molar-refractivity contribution in [3.8, 4) is 11.4 Å². The molecular formula is C20H21N5O3S. The predicted octanol–water partition coefficient (Wildman–Crippen LogP) is 2.94. The Morgan fingerprint density at radius 1 is 1.07 bits per heavy atom. The number of urea groups is 1. The lowest BCUT2D eigenvalue weighted by Gasteiger charge is -2.18. The van der Waals surface area contributed by atoms with Gasteiger partial charge in [0.1, 0.15) is 5.82 Å². The van der Waals surface area contributed by atoms with Crippen molar-refractivity contribution in [1.29, 1.82) is 0 Å². The average molecular weight is 411 g/mol. The van der Waals surface area contributed by atoms with Crippen LogP contribution in [0.5, 0.6) is 0 Å². The molecule has 9 heteroatoms. The van der Waals surface area contributed by atoms with Gasteiger partial charge in [0.25, 0.3) is 0 Å². The number of rotatable bonds is 5. The quantitative estimate of drug-likeness (QED) is 0.666. The van der Waals surface area contributed by atoms with E-state index in [1.165, 1.54) is 11.0 Å². The molecule has 0 aliphatic heterocycles. The SMILES string of the molecule is CN(C(=O)Nc1ccccc1)c1ccc(-c2nc(N)cc(CS(C)(=O)=O)n2)cc1. The number of aromatic nitrogens is 2. The number of nitrogens with zero attached hydrogens (tertiary/aromatic N) is 3. The van der Waals surface area contributed by atoms with Crippen LogP contribution in [0.1, 0.15) is 5.69 Å². The summed E-state index contributed by atoms with van der Waals surface area (Å²) < 4.78 is 23.1. The van der Waals surface area contributed by atoms with Crippen LogP contribution in [0.2, 0.25) is 0 Å². The molecule has 0 aliphatic rings. The van der Waals surface area contributed by atoms with Crippen LogP contribution in [-0.2, 0) is 15.6 Å². The third-order valence-electron chi connectivity index (χ3n) is 4.05. The molecule has 0 spiro atoms. The van der Waals surface area contributed by atoms with Crippen LogP contribution in [0, 0.1) is 0 Å². The maximum atomic E-state index is 12.4. The zero-order chi connectivity index (χ0) is 21.0. The van der Waals surface area contributed by atoms with Gasteiger partial charge < -0.3 is 11.1 Å². The van der Waals surface area contributed by atoms with E-state index in [2.05, 4.69) is 15.3 Å². The Labute approximate surface area is 169 Å². The molecule has 1 aromatic heterocycles. The minimum absolute atomic E-state index is 0.192. The van der Waals surface area contributed by atoms with Gasteiger partial charge in [0.05, 0.1) is 11.4 Å². The summed E-state index contributed by atoms with van der Waals surface area (Å²) in [5.74, 6) is 0.302. The normalized spacial score (nSPS) is 11.1. The Hall–Kier alpha value is -3.46. The van der Waals surface area contributed by atoms with Gasteiger partial charge >= 0.3 is 6.03 Å². The fourth-order valence-electron chi connectivity index (χ4n) is 2.67. The second-order valence-electron chi connectivity index (χ2n) is 6.58. The fraction of sp³-hybridized carbons (Fsp3) is 0.150. The Balaban J connectivity index is 1.78. The van der Waals surface area contributed by atoms with Crippen LogP contribution in [0.25, 0.3) is 11.4 Å². The lowest BCUT2D eigenvalue weighted by molar-refractivity contribution is 0.258. The van der Waals surface area contributed by atoms with Gasteiger partial charge in [-0.3, -0.25) is 4.90 Å². The second-order valence-corrected chi connectivity index (χ2v) is 8.72. The van der Waals surface area contributed by atoms with Gasteiger partial charge in [-0.2, -0.15) is 0 Å². The van der Waals surface area contributed by atoms with Gasteiger partial charge in [0.15, 0.2) is 15.7 Å². The highest BCUT2D eigenvalue weighted by atomic mass is 32.2. The van der Waals surface area contributed by atoms with Crippen molar-refractivity contribution in [3.05, 3.63) is 66.4 Å². The molecule has 1 heterocycles. The van der Waals surface area contributed by atoms with E-state index in [-0.39, 0.29) is 17.6 Å². The van der Waals surface area contributed by atoms with Crippen molar-refractivity contribution in [2.75, 3.05) is 29.3 Å². The molecule has 0 atom stereocenters. The summed E-state index contributed by atoms with van der Waals surface area (Å²) in [5, 5.41) is 2.81. The molecule has 0 saturated carbocycles. The molecule has 0 bridgehead atoms. The van der Waals surface area contributed by atoms with Gasteiger partial charge in [0, 0.05) is 36.3 Å².